The molecule has 0 amide bonds. The van der Waals surface area contributed by atoms with Crippen LogP contribution < -0.4 is 15.4 Å². The summed E-state index contributed by atoms with van der Waals surface area (Å²) in [7, 11) is -2.05. The Morgan fingerprint density at radius 2 is 2.14 bits per heavy atom. The van der Waals surface area contributed by atoms with E-state index >= 15 is 0 Å². The molecule has 0 spiro atoms. The van der Waals surface area contributed by atoms with E-state index in [9.17, 15) is 8.42 Å². The summed E-state index contributed by atoms with van der Waals surface area (Å²) in [5.41, 5.74) is 8.73. The van der Waals surface area contributed by atoms with Crippen LogP contribution >= 0.6 is 11.3 Å². The van der Waals surface area contributed by atoms with Crippen molar-refractivity contribution in [3.05, 3.63) is 40.1 Å². The van der Waals surface area contributed by atoms with Gasteiger partial charge in [-0.3, -0.25) is 0 Å². The maximum absolute atomic E-state index is 11.9. The van der Waals surface area contributed by atoms with Crippen molar-refractivity contribution in [1.29, 1.82) is 0 Å². The third-order valence-electron chi connectivity index (χ3n) is 3.73. The minimum Gasteiger partial charge on any atom is -0.397 e. The highest BCUT2D eigenvalue weighted by atomic mass is 32.2. The van der Waals surface area contributed by atoms with Gasteiger partial charge in [-0.1, -0.05) is 0 Å². The summed E-state index contributed by atoms with van der Waals surface area (Å²) in [4.78, 5) is 3.79. The van der Waals surface area contributed by atoms with Gasteiger partial charge in [0.2, 0.25) is 10.0 Å². The largest absolute Gasteiger partial charge is 0.397 e. The van der Waals surface area contributed by atoms with E-state index in [2.05, 4.69) is 21.1 Å². The third kappa shape index (κ3) is 2.64. The smallest absolute Gasteiger partial charge is 0.240 e. The highest BCUT2D eigenvalue weighted by Crippen LogP contribution is 2.32. The molecule has 2 aromatic rings. The molecule has 0 saturated carbocycles. The van der Waals surface area contributed by atoms with E-state index in [1.54, 1.807) is 23.5 Å². The zero-order valence-corrected chi connectivity index (χ0v) is 13.3. The van der Waals surface area contributed by atoms with Gasteiger partial charge in [-0.05, 0) is 48.7 Å². The topological polar surface area (TPSA) is 75.4 Å². The summed E-state index contributed by atoms with van der Waals surface area (Å²) < 4.78 is 26.2. The molecule has 2 heterocycles. The number of sulfonamides is 1. The molecule has 0 unspecified atom stereocenters. The minimum atomic E-state index is -3.46. The molecule has 0 fully saturated rings. The van der Waals surface area contributed by atoms with Crippen LogP contribution in [0.25, 0.3) is 0 Å². The van der Waals surface area contributed by atoms with Crippen LogP contribution in [0.15, 0.2) is 34.5 Å². The predicted molar refractivity (Wildman–Crippen MR) is 86.2 cm³/mol. The van der Waals surface area contributed by atoms with E-state index in [0.29, 0.717) is 5.69 Å². The van der Waals surface area contributed by atoms with E-state index in [-0.39, 0.29) is 4.90 Å². The molecule has 1 aliphatic heterocycles. The number of hydrogen-bond acceptors (Lipinski definition) is 5. The maximum Gasteiger partial charge on any atom is 0.240 e. The standard InChI is InChI=1S/C14H17N3O2S2/c1-16-21(18,19)11-2-3-12(15)13(8-11)17-6-4-14-10(9-17)5-7-20-14/h2-3,5,7-8,16H,4,6,9,15H2,1H3. The van der Waals surface area contributed by atoms with Crippen molar-refractivity contribution in [3.63, 3.8) is 0 Å². The van der Waals surface area contributed by atoms with Crippen LogP contribution in [0.2, 0.25) is 0 Å². The SMILES string of the molecule is CNS(=O)(=O)c1ccc(N)c(N2CCc3sccc3C2)c1. The number of nitrogen functional groups attached to an aromatic ring is 1. The van der Waals surface area contributed by atoms with Crippen molar-refractivity contribution in [3.8, 4) is 0 Å². The number of nitrogens with one attached hydrogen (secondary N) is 1. The van der Waals surface area contributed by atoms with Crippen LogP contribution in [0.3, 0.4) is 0 Å². The summed E-state index contributed by atoms with van der Waals surface area (Å²) in [6.07, 6.45) is 0.968. The van der Waals surface area contributed by atoms with E-state index in [1.165, 1.54) is 23.6 Å². The molecule has 5 nitrogen and oxygen atoms in total. The molecule has 1 aromatic heterocycles. The monoisotopic (exact) mass is 323 g/mol. The highest BCUT2D eigenvalue weighted by molar-refractivity contribution is 7.89. The van der Waals surface area contributed by atoms with Gasteiger partial charge in [0.15, 0.2) is 0 Å². The molecule has 112 valence electrons. The number of nitrogens with two attached hydrogens (primary N) is 1. The van der Waals surface area contributed by atoms with Crippen LogP contribution in [0.1, 0.15) is 10.4 Å². The molecular formula is C14H17N3O2S2. The molecule has 0 atom stereocenters. The van der Waals surface area contributed by atoms with Crippen molar-refractivity contribution >= 4 is 32.7 Å². The van der Waals surface area contributed by atoms with Gasteiger partial charge in [0.1, 0.15) is 0 Å². The molecule has 0 bridgehead atoms. The highest BCUT2D eigenvalue weighted by Gasteiger charge is 2.21. The van der Waals surface area contributed by atoms with Gasteiger partial charge < -0.3 is 10.6 Å². The Hall–Kier alpha value is -1.57. The second-order valence-electron chi connectivity index (χ2n) is 4.97. The van der Waals surface area contributed by atoms with Crippen molar-refractivity contribution in [2.45, 2.75) is 17.9 Å². The second-order valence-corrected chi connectivity index (χ2v) is 7.86. The Bertz CT molecular complexity index is 768. The zero-order valence-electron chi connectivity index (χ0n) is 11.7. The van der Waals surface area contributed by atoms with Crippen molar-refractivity contribution in [2.24, 2.45) is 0 Å². The number of hydrogen-bond donors (Lipinski definition) is 2. The molecule has 21 heavy (non-hydrogen) atoms. The third-order valence-corrected chi connectivity index (χ3v) is 6.16. The van der Waals surface area contributed by atoms with Crippen molar-refractivity contribution < 1.29 is 8.42 Å². The first-order valence-corrected chi connectivity index (χ1v) is 9.01. The Labute approximate surface area is 128 Å². The first-order chi connectivity index (χ1) is 10.0. The van der Waals surface area contributed by atoms with Gasteiger partial charge in [0.05, 0.1) is 16.3 Å². The minimum absolute atomic E-state index is 0.241. The lowest BCUT2D eigenvalue weighted by atomic mass is 10.1. The number of anilines is 2. The zero-order chi connectivity index (χ0) is 15.0. The molecule has 1 aromatic carbocycles. The summed E-state index contributed by atoms with van der Waals surface area (Å²) in [5.74, 6) is 0. The molecule has 1 aliphatic rings. The lowest BCUT2D eigenvalue weighted by Crippen LogP contribution is -2.30. The average molecular weight is 323 g/mol. The van der Waals surface area contributed by atoms with E-state index in [0.717, 1.165) is 25.2 Å². The van der Waals surface area contributed by atoms with Crippen LogP contribution in [0.4, 0.5) is 11.4 Å². The van der Waals surface area contributed by atoms with Crippen LogP contribution in [0, 0.1) is 0 Å². The number of fused-ring (bicyclic) bond motifs is 1. The lowest BCUT2D eigenvalue weighted by molar-refractivity contribution is 0.588. The maximum atomic E-state index is 11.9. The lowest BCUT2D eigenvalue weighted by Gasteiger charge is -2.30. The average Bonchev–Trinajstić information content (AvgIpc) is 2.95. The molecule has 7 heteroatoms. The second kappa shape index (κ2) is 5.32. The van der Waals surface area contributed by atoms with Gasteiger partial charge in [-0.25, -0.2) is 13.1 Å². The van der Waals surface area contributed by atoms with Gasteiger partial charge in [-0.2, -0.15) is 0 Å². The number of benzene rings is 1. The quantitative estimate of drug-likeness (QED) is 0.845. The first kappa shape index (κ1) is 14.4. The fraction of sp³-hybridized carbons (Fsp3) is 0.286. The van der Waals surface area contributed by atoms with Gasteiger partial charge in [0, 0.05) is 18.0 Å². The summed E-state index contributed by atoms with van der Waals surface area (Å²) in [5, 5.41) is 2.10. The van der Waals surface area contributed by atoms with E-state index < -0.39 is 10.0 Å². The van der Waals surface area contributed by atoms with Crippen LogP contribution in [-0.2, 0) is 23.0 Å². The summed E-state index contributed by atoms with van der Waals surface area (Å²) >= 11 is 1.77. The van der Waals surface area contributed by atoms with Crippen molar-refractivity contribution in [1.82, 2.24) is 4.72 Å². The molecule has 0 radical (unpaired) electrons. The summed E-state index contributed by atoms with van der Waals surface area (Å²) in [6.45, 7) is 1.62. The Morgan fingerprint density at radius 3 is 2.90 bits per heavy atom. The normalized spacial score (nSPS) is 15.0. The molecule has 0 saturated heterocycles. The number of thiophene rings is 1. The number of nitrogens with zero attached hydrogens (tertiary/aromatic N) is 1. The van der Waals surface area contributed by atoms with Crippen LogP contribution in [-0.4, -0.2) is 22.0 Å². The fourth-order valence-corrected chi connectivity index (χ4v) is 4.18. The van der Waals surface area contributed by atoms with Gasteiger partial charge >= 0.3 is 0 Å². The van der Waals surface area contributed by atoms with Gasteiger partial charge in [0.25, 0.3) is 0 Å². The molecule has 3 N–H and O–H groups in total. The summed E-state index contributed by atoms with van der Waals surface area (Å²) in [6, 6.07) is 6.96. The van der Waals surface area contributed by atoms with Gasteiger partial charge in [-0.15, -0.1) is 11.3 Å². The molecular weight excluding hydrogens is 306 g/mol. The van der Waals surface area contributed by atoms with Crippen LogP contribution in [0.5, 0.6) is 0 Å². The van der Waals surface area contributed by atoms with E-state index in [1.807, 2.05) is 0 Å². The first-order valence-electron chi connectivity index (χ1n) is 6.64. The van der Waals surface area contributed by atoms with E-state index in [4.69, 9.17) is 5.73 Å². The predicted octanol–water partition coefficient (Wildman–Crippen LogP) is 1.80. The fourth-order valence-electron chi connectivity index (χ4n) is 2.54. The number of rotatable bonds is 3. The Balaban J connectivity index is 1.98. The molecule has 0 aliphatic carbocycles. The Kier molecular flexibility index (Phi) is 3.64. The molecule has 3 rings (SSSR count). The Morgan fingerprint density at radius 1 is 1.33 bits per heavy atom. The van der Waals surface area contributed by atoms with Crippen molar-refractivity contribution in [2.75, 3.05) is 24.2 Å².